The smallest absolute Gasteiger partial charge is 0.246 e. The maximum absolute atomic E-state index is 12.9. The van der Waals surface area contributed by atoms with Gasteiger partial charge >= 0.3 is 0 Å². The van der Waals surface area contributed by atoms with Gasteiger partial charge in [0.15, 0.2) is 0 Å². The Morgan fingerprint density at radius 3 is 2.58 bits per heavy atom. The third kappa shape index (κ3) is 3.38. The molecule has 0 N–H and O–H groups in total. The normalized spacial score (nSPS) is 12.6. The van der Waals surface area contributed by atoms with E-state index in [1.165, 1.54) is 18.2 Å². The fourth-order valence-electron chi connectivity index (χ4n) is 2.45. The fraction of sp³-hybridized carbons (Fsp3) is 0.150. The topological polar surface area (TPSA) is 33.5 Å². The number of hydrogen-bond donors (Lipinski definition) is 0. The van der Waals surface area contributed by atoms with Crippen LogP contribution in [0.2, 0.25) is 0 Å². The maximum atomic E-state index is 12.9. The van der Waals surface area contributed by atoms with Crippen molar-refractivity contribution in [2.24, 2.45) is 0 Å². The number of furan rings is 1. The predicted molar refractivity (Wildman–Crippen MR) is 92.8 cm³/mol. The molecule has 122 valence electrons. The Kier molecular flexibility index (Phi) is 4.47. The molecule has 4 heteroatoms. The number of para-hydroxylation sites is 1. The highest BCUT2D eigenvalue weighted by atomic mass is 19.1. The second-order valence-corrected chi connectivity index (χ2v) is 5.70. The van der Waals surface area contributed by atoms with Crippen molar-refractivity contribution in [2.75, 3.05) is 7.05 Å². The Labute approximate surface area is 140 Å². The van der Waals surface area contributed by atoms with Gasteiger partial charge in [-0.3, -0.25) is 4.79 Å². The third-order valence-corrected chi connectivity index (χ3v) is 4.07. The van der Waals surface area contributed by atoms with Gasteiger partial charge in [0.1, 0.15) is 17.2 Å². The second-order valence-electron chi connectivity index (χ2n) is 5.70. The van der Waals surface area contributed by atoms with Crippen molar-refractivity contribution >= 4 is 23.0 Å². The van der Waals surface area contributed by atoms with E-state index in [1.54, 1.807) is 30.2 Å². The first-order valence-electron chi connectivity index (χ1n) is 7.73. The van der Waals surface area contributed by atoms with E-state index < -0.39 is 0 Å². The predicted octanol–water partition coefficient (Wildman–Crippen LogP) is 4.80. The number of carbonyl (C=O) groups is 1. The minimum absolute atomic E-state index is 0.146. The average Bonchev–Trinajstić information content (AvgIpc) is 3.03. The number of amides is 1. The van der Waals surface area contributed by atoms with Gasteiger partial charge in [-0.2, -0.15) is 0 Å². The molecule has 0 aliphatic carbocycles. The highest BCUT2D eigenvalue weighted by Crippen LogP contribution is 2.26. The van der Waals surface area contributed by atoms with Crippen LogP contribution in [0.25, 0.3) is 17.0 Å². The zero-order valence-electron chi connectivity index (χ0n) is 13.6. The molecule has 3 aromatic rings. The summed E-state index contributed by atoms with van der Waals surface area (Å²) in [4.78, 5) is 13.9. The Balaban J connectivity index is 1.73. The highest BCUT2D eigenvalue weighted by Gasteiger charge is 2.19. The number of rotatable bonds is 4. The van der Waals surface area contributed by atoms with Crippen LogP contribution in [-0.4, -0.2) is 17.9 Å². The highest BCUT2D eigenvalue weighted by molar-refractivity contribution is 5.92. The zero-order valence-corrected chi connectivity index (χ0v) is 13.6. The van der Waals surface area contributed by atoms with Crippen molar-refractivity contribution in [1.29, 1.82) is 0 Å². The molecule has 1 heterocycles. The van der Waals surface area contributed by atoms with E-state index in [4.69, 9.17) is 4.42 Å². The van der Waals surface area contributed by atoms with E-state index in [0.717, 1.165) is 22.3 Å². The summed E-state index contributed by atoms with van der Waals surface area (Å²) >= 11 is 0. The average molecular weight is 323 g/mol. The summed E-state index contributed by atoms with van der Waals surface area (Å²) in [5.74, 6) is 0.295. The molecule has 2 aromatic carbocycles. The number of carbonyl (C=O) groups excluding carboxylic acids is 1. The number of fused-ring (bicyclic) bond motifs is 1. The van der Waals surface area contributed by atoms with E-state index in [2.05, 4.69) is 0 Å². The summed E-state index contributed by atoms with van der Waals surface area (Å²) in [7, 11) is 1.73. The lowest BCUT2D eigenvalue weighted by atomic mass is 10.2. The van der Waals surface area contributed by atoms with Crippen LogP contribution in [0.5, 0.6) is 0 Å². The van der Waals surface area contributed by atoms with E-state index in [0.29, 0.717) is 0 Å². The van der Waals surface area contributed by atoms with Crippen LogP contribution in [0.4, 0.5) is 4.39 Å². The molecule has 1 atom stereocenters. The van der Waals surface area contributed by atoms with Gasteiger partial charge in [0.25, 0.3) is 0 Å². The van der Waals surface area contributed by atoms with Crippen molar-refractivity contribution < 1.29 is 13.6 Å². The molecule has 0 aliphatic heterocycles. The number of benzene rings is 2. The second kappa shape index (κ2) is 6.71. The number of hydrogen-bond acceptors (Lipinski definition) is 2. The van der Waals surface area contributed by atoms with Crippen LogP contribution in [0.1, 0.15) is 24.3 Å². The standard InChI is InChI=1S/C20H18FNO2/c1-14(19-13-16-5-3-4-6-18(16)24-19)22(2)20(23)12-9-15-7-10-17(21)11-8-15/h3-14H,1-2H3. The van der Waals surface area contributed by atoms with Gasteiger partial charge < -0.3 is 9.32 Å². The molecule has 1 amide bonds. The largest absolute Gasteiger partial charge is 0.459 e. The van der Waals surface area contributed by atoms with E-state index >= 15 is 0 Å². The summed E-state index contributed by atoms with van der Waals surface area (Å²) in [6.45, 7) is 1.92. The minimum atomic E-state index is -0.297. The van der Waals surface area contributed by atoms with Crippen LogP contribution < -0.4 is 0 Å². The molecule has 1 unspecified atom stereocenters. The number of halogens is 1. The first kappa shape index (κ1) is 16.0. The third-order valence-electron chi connectivity index (χ3n) is 4.07. The van der Waals surface area contributed by atoms with Crippen molar-refractivity contribution in [2.45, 2.75) is 13.0 Å². The monoisotopic (exact) mass is 323 g/mol. The lowest BCUT2D eigenvalue weighted by molar-refractivity contribution is -0.126. The SMILES string of the molecule is CC(c1cc2ccccc2o1)N(C)C(=O)C=Cc1ccc(F)cc1. The zero-order chi connectivity index (χ0) is 17.1. The number of nitrogens with zero attached hydrogens (tertiary/aromatic N) is 1. The molecule has 0 saturated carbocycles. The van der Waals surface area contributed by atoms with E-state index in [1.807, 2.05) is 37.3 Å². The molecular formula is C20H18FNO2. The van der Waals surface area contributed by atoms with Gasteiger partial charge in [-0.05, 0) is 42.8 Å². The van der Waals surface area contributed by atoms with Gasteiger partial charge in [0.2, 0.25) is 5.91 Å². The van der Waals surface area contributed by atoms with Crippen LogP contribution in [-0.2, 0) is 4.79 Å². The number of likely N-dealkylation sites (N-methyl/N-ethyl adjacent to an activating group) is 1. The molecule has 0 aliphatic rings. The summed E-state index contributed by atoms with van der Waals surface area (Å²) in [6, 6.07) is 15.5. The summed E-state index contributed by atoms with van der Waals surface area (Å²) in [5.41, 5.74) is 1.58. The van der Waals surface area contributed by atoms with Gasteiger partial charge in [-0.15, -0.1) is 0 Å². The van der Waals surface area contributed by atoms with Crippen LogP contribution >= 0.6 is 0 Å². The lowest BCUT2D eigenvalue weighted by Crippen LogP contribution is -2.27. The van der Waals surface area contributed by atoms with Crippen molar-refractivity contribution in [3.8, 4) is 0 Å². The van der Waals surface area contributed by atoms with Gasteiger partial charge in [-0.1, -0.05) is 30.3 Å². The molecule has 0 radical (unpaired) electrons. The van der Waals surface area contributed by atoms with Crippen LogP contribution in [0.15, 0.2) is 65.1 Å². The molecule has 24 heavy (non-hydrogen) atoms. The maximum Gasteiger partial charge on any atom is 0.246 e. The molecule has 0 fully saturated rings. The Bertz CT molecular complexity index is 847. The Morgan fingerprint density at radius 1 is 1.17 bits per heavy atom. The molecule has 3 rings (SSSR count). The quantitative estimate of drug-likeness (QED) is 0.646. The van der Waals surface area contributed by atoms with Crippen molar-refractivity contribution in [3.05, 3.63) is 77.8 Å². The van der Waals surface area contributed by atoms with Crippen molar-refractivity contribution in [3.63, 3.8) is 0 Å². The van der Waals surface area contributed by atoms with Crippen molar-refractivity contribution in [1.82, 2.24) is 4.90 Å². The van der Waals surface area contributed by atoms with Crippen LogP contribution in [0, 0.1) is 5.82 Å². The van der Waals surface area contributed by atoms with Gasteiger partial charge in [0.05, 0.1) is 6.04 Å². The minimum Gasteiger partial charge on any atom is -0.459 e. The molecule has 0 saturated heterocycles. The van der Waals surface area contributed by atoms with E-state index in [9.17, 15) is 9.18 Å². The molecule has 0 spiro atoms. The summed E-state index contributed by atoms with van der Waals surface area (Å²) < 4.78 is 18.7. The summed E-state index contributed by atoms with van der Waals surface area (Å²) in [5, 5.41) is 1.02. The van der Waals surface area contributed by atoms with Gasteiger partial charge in [0, 0.05) is 18.5 Å². The fourth-order valence-corrected chi connectivity index (χ4v) is 2.45. The van der Waals surface area contributed by atoms with E-state index in [-0.39, 0.29) is 17.8 Å². The molecule has 0 bridgehead atoms. The first-order chi connectivity index (χ1) is 11.5. The lowest BCUT2D eigenvalue weighted by Gasteiger charge is -2.21. The molecule has 1 aromatic heterocycles. The molecule has 3 nitrogen and oxygen atoms in total. The van der Waals surface area contributed by atoms with Crippen LogP contribution in [0.3, 0.4) is 0 Å². The molecular weight excluding hydrogens is 305 g/mol. The Hall–Kier alpha value is -2.88. The summed E-state index contributed by atoms with van der Waals surface area (Å²) in [6.07, 6.45) is 3.15. The van der Waals surface area contributed by atoms with Gasteiger partial charge in [-0.25, -0.2) is 4.39 Å². The first-order valence-corrected chi connectivity index (χ1v) is 7.73. The Morgan fingerprint density at radius 2 is 1.88 bits per heavy atom.